The standard InChI is InChI=1S/C17H35N3O/c1-13(2)19-17(5,15(18)21)11-12-20(6)14-7-9-16(3,4)10-8-14/h13-14,19H,7-12H2,1-6H3,(H2,18,21). The van der Waals surface area contributed by atoms with Crippen LogP contribution in [0.1, 0.15) is 66.7 Å². The molecule has 1 saturated carbocycles. The molecule has 0 saturated heterocycles. The molecule has 0 radical (unpaired) electrons. The minimum atomic E-state index is -0.615. The summed E-state index contributed by atoms with van der Waals surface area (Å²) in [7, 11) is 2.18. The number of nitrogens with two attached hydrogens (primary N) is 1. The van der Waals surface area contributed by atoms with Crippen LogP contribution in [0.3, 0.4) is 0 Å². The van der Waals surface area contributed by atoms with Crippen LogP contribution in [0.15, 0.2) is 0 Å². The van der Waals surface area contributed by atoms with Gasteiger partial charge in [0, 0.05) is 18.6 Å². The SMILES string of the molecule is CC(C)NC(C)(CCN(C)C1CCC(C)(C)CC1)C(N)=O. The van der Waals surface area contributed by atoms with Crippen molar-refractivity contribution in [2.75, 3.05) is 13.6 Å². The van der Waals surface area contributed by atoms with Gasteiger partial charge in [0.15, 0.2) is 0 Å². The van der Waals surface area contributed by atoms with Crippen LogP contribution in [0.2, 0.25) is 0 Å². The second kappa shape index (κ2) is 7.10. The molecule has 124 valence electrons. The van der Waals surface area contributed by atoms with Crippen LogP contribution < -0.4 is 11.1 Å². The van der Waals surface area contributed by atoms with E-state index in [1.165, 1.54) is 25.7 Å². The van der Waals surface area contributed by atoms with Gasteiger partial charge >= 0.3 is 0 Å². The molecule has 0 spiro atoms. The van der Waals surface area contributed by atoms with E-state index in [1.54, 1.807) is 0 Å². The van der Waals surface area contributed by atoms with Crippen molar-refractivity contribution in [3.05, 3.63) is 0 Å². The van der Waals surface area contributed by atoms with Crippen molar-refractivity contribution >= 4 is 5.91 Å². The molecule has 21 heavy (non-hydrogen) atoms. The van der Waals surface area contributed by atoms with Crippen LogP contribution in [0.5, 0.6) is 0 Å². The maximum absolute atomic E-state index is 11.8. The summed E-state index contributed by atoms with van der Waals surface area (Å²) >= 11 is 0. The summed E-state index contributed by atoms with van der Waals surface area (Å²) in [5, 5.41) is 3.33. The monoisotopic (exact) mass is 297 g/mol. The normalized spacial score (nSPS) is 22.5. The molecule has 0 aromatic rings. The van der Waals surface area contributed by atoms with E-state index in [4.69, 9.17) is 5.73 Å². The van der Waals surface area contributed by atoms with Crippen LogP contribution in [0.25, 0.3) is 0 Å². The smallest absolute Gasteiger partial charge is 0.237 e. The van der Waals surface area contributed by atoms with Gasteiger partial charge in [0.2, 0.25) is 5.91 Å². The summed E-state index contributed by atoms with van der Waals surface area (Å²) in [5.41, 5.74) is 5.48. The molecule has 1 rings (SSSR count). The van der Waals surface area contributed by atoms with E-state index in [9.17, 15) is 4.79 Å². The third kappa shape index (κ3) is 5.59. The van der Waals surface area contributed by atoms with E-state index >= 15 is 0 Å². The number of nitrogens with one attached hydrogen (secondary N) is 1. The van der Waals surface area contributed by atoms with Gasteiger partial charge in [-0.3, -0.25) is 4.79 Å². The molecule has 0 bridgehead atoms. The molecular formula is C17H35N3O. The van der Waals surface area contributed by atoms with Gasteiger partial charge in [-0.1, -0.05) is 13.8 Å². The van der Waals surface area contributed by atoms with E-state index < -0.39 is 5.54 Å². The Balaban J connectivity index is 2.50. The maximum atomic E-state index is 11.8. The second-order valence-corrected chi connectivity index (χ2v) is 8.12. The summed E-state index contributed by atoms with van der Waals surface area (Å²) in [6, 6.07) is 0.900. The molecule has 1 aliphatic rings. The second-order valence-electron chi connectivity index (χ2n) is 8.12. The summed E-state index contributed by atoms with van der Waals surface area (Å²) in [6.45, 7) is 11.7. The van der Waals surface area contributed by atoms with Crippen LogP contribution in [0.4, 0.5) is 0 Å². The minimum Gasteiger partial charge on any atom is -0.368 e. The van der Waals surface area contributed by atoms with Crippen molar-refractivity contribution < 1.29 is 4.79 Å². The van der Waals surface area contributed by atoms with Crippen LogP contribution in [0, 0.1) is 5.41 Å². The number of rotatable bonds is 7. The van der Waals surface area contributed by atoms with Gasteiger partial charge in [0.05, 0.1) is 5.54 Å². The maximum Gasteiger partial charge on any atom is 0.237 e. The van der Waals surface area contributed by atoms with Crippen LogP contribution >= 0.6 is 0 Å². The molecule has 4 nitrogen and oxygen atoms in total. The van der Waals surface area contributed by atoms with Crippen LogP contribution in [-0.4, -0.2) is 42.0 Å². The highest BCUT2D eigenvalue weighted by atomic mass is 16.1. The topological polar surface area (TPSA) is 58.4 Å². The lowest BCUT2D eigenvalue weighted by Gasteiger charge is -2.40. The van der Waals surface area contributed by atoms with Crippen molar-refractivity contribution in [1.82, 2.24) is 10.2 Å². The summed E-state index contributed by atoms with van der Waals surface area (Å²) in [6.07, 6.45) is 5.86. The summed E-state index contributed by atoms with van der Waals surface area (Å²) in [4.78, 5) is 14.2. The lowest BCUT2D eigenvalue weighted by atomic mass is 9.75. The average molecular weight is 297 g/mol. The number of amides is 1. The first kappa shape index (κ1) is 18.4. The van der Waals surface area contributed by atoms with Crippen molar-refractivity contribution in [3.63, 3.8) is 0 Å². The highest BCUT2D eigenvalue weighted by Gasteiger charge is 2.33. The first-order chi connectivity index (χ1) is 9.56. The first-order valence-corrected chi connectivity index (χ1v) is 8.33. The van der Waals surface area contributed by atoms with Crippen molar-refractivity contribution in [2.24, 2.45) is 11.1 Å². The molecule has 4 heteroatoms. The molecule has 1 atom stereocenters. The number of hydrogen-bond donors (Lipinski definition) is 2. The zero-order chi connectivity index (χ0) is 16.3. The van der Waals surface area contributed by atoms with Gasteiger partial charge in [0.1, 0.15) is 0 Å². The van der Waals surface area contributed by atoms with Gasteiger partial charge in [-0.2, -0.15) is 0 Å². The Hall–Kier alpha value is -0.610. The molecule has 3 N–H and O–H groups in total. The van der Waals surface area contributed by atoms with Gasteiger partial charge in [-0.25, -0.2) is 0 Å². The highest BCUT2D eigenvalue weighted by molar-refractivity contribution is 5.84. The fraction of sp³-hybridized carbons (Fsp3) is 0.941. The molecule has 0 aromatic carbocycles. The molecule has 0 heterocycles. The zero-order valence-electron chi connectivity index (χ0n) is 14.8. The summed E-state index contributed by atoms with van der Waals surface area (Å²) in [5.74, 6) is -0.255. The zero-order valence-corrected chi connectivity index (χ0v) is 14.8. The Labute approximate surface area is 130 Å². The number of carbonyl (C=O) groups is 1. The molecule has 1 fully saturated rings. The molecular weight excluding hydrogens is 262 g/mol. The predicted octanol–water partition coefficient (Wildman–Crippen LogP) is 2.52. The fourth-order valence-electron chi connectivity index (χ4n) is 3.31. The van der Waals surface area contributed by atoms with Gasteiger partial charge in [0.25, 0.3) is 0 Å². The van der Waals surface area contributed by atoms with E-state index in [-0.39, 0.29) is 11.9 Å². The fourth-order valence-corrected chi connectivity index (χ4v) is 3.31. The Bertz CT molecular complexity index is 344. The Morgan fingerprint density at radius 3 is 2.33 bits per heavy atom. The van der Waals surface area contributed by atoms with Gasteiger partial charge in [-0.15, -0.1) is 0 Å². The summed E-state index contributed by atoms with van der Waals surface area (Å²) < 4.78 is 0. The largest absolute Gasteiger partial charge is 0.368 e. The molecule has 1 aliphatic carbocycles. The Morgan fingerprint density at radius 2 is 1.90 bits per heavy atom. The Morgan fingerprint density at radius 1 is 1.38 bits per heavy atom. The quantitative estimate of drug-likeness (QED) is 0.759. The number of hydrogen-bond acceptors (Lipinski definition) is 3. The molecule has 0 aliphatic heterocycles. The van der Waals surface area contributed by atoms with Crippen molar-refractivity contribution in [2.45, 2.75) is 84.3 Å². The lowest BCUT2D eigenvalue weighted by Crippen LogP contribution is -2.57. The average Bonchev–Trinajstić information content (AvgIpc) is 2.35. The highest BCUT2D eigenvalue weighted by Crippen LogP contribution is 2.36. The third-order valence-corrected chi connectivity index (χ3v) is 5.05. The lowest BCUT2D eigenvalue weighted by molar-refractivity contribution is -0.124. The van der Waals surface area contributed by atoms with E-state index in [2.05, 4.69) is 31.1 Å². The molecule has 1 amide bonds. The van der Waals surface area contributed by atoms with Crippen molar-refractivity contribution in [3.8, 4) is 0 Å². The number of nitrogens with zero attached hydrogens (tertiary/aromatic N) is 1. The van der Waals surface area contributed by atoms with E-state index in [0.29, 0.717) is 11.5 Å². The molecule has 1 unspecified atom stereocenters. The van der Waals surface area contributed by atoms with Crippen molar-refractivity contribution in [1.29, 1.82) is 0 Å². The van der Waals surface area contributed by atoms with E-state index in [0.717, 1.165) is 13.0 Å². The Kier molecular flexibility index (Phi) is 6.23. The molecule has 0 aromatic heterocycles. The van der Waals surface area contributed by atoms with E-state index in [1.807, 2.05) is 20.8 Å². The number of carbonyl (C=O) groups excluding carboxylic acids is 1. The van der Waals surface area contributed by atoms with Gasteiger partial charge in [-0.05, 0) is 65.3 Å². The first-order valence-electron chi connectivity index (χ1n) is 8.33. The minimum absolute atomic E-state index is 0.253. The van der Waals surface area contributed by atoms with Crippen LogP contribution in [-0.2, 0) is 4.79 Å². The number of primary amides is 1. The third-order valence-electron chi connectivity index (χ3n) is 5.05. The predicted molar refractivity (Wildman–Crippen MR) is 89.2 cm³/mol. The van der Waals surface area contributed by atoms with Gasteiger partial charge < -0.3 is 16.0 Å².